The number of halogens is 2. The molecule has 24 heavy (non-hydrogen) atoms. The summed E-state index contributed by atoms with van der Waals surface area (Å²) in [5.41, 5.74) is 0.956. The van der Waals surface area contributed by atoms with Gasteiger partial charge in [0.1, 0.15) is 5.78 Å². The molecule has 0 saturated heterocycles. The predicted molar refractivity (Wildman–Crippen MR) is 91.8 cm³/mol. The number of carbonyl (C=O) groups is 1. The van der Waals surface area contributed by atoms with Crippen LogP contribution in [0, 0.1) is 29.4 Å². The van der Waals surface area contributed by atoms with E-state index in [9.17, 15) is 13.6 Å². The van der Waals surface area contributed by atoms with Crippen LogP contribution in [0.5, 0.6) is 0 Å². The molecule has 2 aliphatic rings. The molecule has 1 aromatic carbocycles. The van der Waals surface area contributed by atoms with Gasteiger partial charge in [0.2, 0.25) is 0 Å². The quantitative estimate of drug-likeness (QED) is 0.657. The summed E-state index contributed by atoms with van der Waals surface area (Å²) in [6, 6.07) is 4.39. The lowest BCUT2D eigenvalue weighted by Gasteiger charge is -2.38. The van der Waals surface area contributed by atoms with Gasteiger partial charge in [-0.3, -0.25) is 0 Å². The lowest BCUT2D eigenvalue weighted by Crippen LogP contribution is -2.26. The van der Waals surface area contributed by atoms with Crippen molar-refractivity contribution < 1.29 is 13.6 Å². The van der Waals surface area contributed by atoms with E-state index in [2.05, 4.69) is 0 Å². The molecule has 0 N–H and O–H groups in total. The summed E-state index contributed by atoms with van der Waals surface area (Å²) in [5.74, 6) is 1.42. The van der Waals surface area contributed by atoms with Crippen LogP contribution in [-0.4, -0.2) is 5.78 Å². The van der Waals surface area contributed by atoms with Crippen molar-refractivity contribution in [1.82, 2.24) is 0 Å². The molecule has 0 spiro atoms. The van der Waals surface area contributed by atoms with E-state index in [0.29, 0.717) is 17.6 Å². The monoisotopic (exact) mass is 334 g/mol. The Morgan fingerprint density at radius 2 is 1.50 bits per heavy atom. The van der Waals surface area contributed by atoms with Crippen LogP contribution in [0.15, 0.2) is 18.2 Å². The average Bonchev–Trinajstić information content (AvgIpc) is 2.58. The highest BCUT2D eigenvalue weighted by molar-refractivity contribution is 5.75. The standard InChI is InChI=1S/C21H28F2O/c1-14(24)12-15-2-4-16(5-3-15)17-6-8-18(9-7-17)19-10-11-20(22)21(23)13-19/h10-11,13,15-18H,2-9,12H2,1H3. The minimum absolute atomic E-state index is 0.325. The van der Waals surface area contributed by atoms with E-state index in [4.69, 9.17) is 0 Å². The molecular weight excluding hydrogens is 306 g/mol. The minimum atomic E-state index is -0.755. The van der Waals surface area contributed by atoms with Gasteiger partial charge in [-0.05, 0) is 99.7 Å². The molecule has 1 aromatic rings. The summed E-state index contributed by atoms with van der Waals surface area (Å²) in [6.45, 7) is 1.70. The van der Waals surface area contributed by atoms with Crippen LogP contribution in [-0.2, 0) is 4.79 Å². The maximum atomic E-state index is 13.4. The first-order valence-electron chi connectivity index (χ1n) is 9.47. The molecular formula is C21H28F2O. The predicted octanol–water partition coefficient (Wildman–Crippen LogP) is 6.02. The van der Waals surface area contributed by atoms with Gasteiger partial charge in [-0.15, -0.1) is 0 Å². The van der Waals surface area contributed by atoms with Crippen LogP contribution in [0.3, 0.4) is 0 Å². The Morgan fingerprint density at radius 3 is 2.04 bits per heavy atom. The summed E-state index contributed by atoms with van der Waals surface area (Å²) in [5, 5.41) is 0. The first kappa shape index (κ1) is 17.6. The van der Waals surface area contributed by atoms with Crippen LogP contribution < -0.4 is 0 Å². The van der Waals surface area contributed by atoms with Crippen molar-refractivity contribution in [1.29, 1.82) is 0 Å². The lowest BCUT2D eigenvalue weighted by molar-refractivity contribution is -0.118. The summed E-state index contributed by atoms with van der Waals surface area (Å²) < 4.78 is 26.5. The van der Waals surface area contributed by atoms with Crippen molar-refractivity contribution in [3.8, 4) is 0 Å². The summed E-state index contributed by atoms with van der Waals surface area (Å²) in [4.78, 5) is 11.3. The Hall–Kier alpha value is -1.25. The van der Waals surface area contributed by atoms with E-state index in [1.165, 1.54) is 50.7 Å². The summed E-state index contributed by atoms with van der Waals surface area (Å²) in [6.07, 6.45) is 10.3. The van der Waals surface area contributed by atoms with Gasteiger partial charge in [0, 0.05) is 6.42 Å². The van der Waals surface area contributed by atoms with E-state index in [1.807, 2.05) is 0 Å². The lowest BCUT2D eigenvalue weighted by atomic mass is 9.68. The molecule has 1 nitrogen and oxygen atoms in total. The van der Waals surface area contributed by atoms with Gasteiger partial charge in [-0.25, -0.2) is 8.78 Å². The van der Waals surface area contributed by atoms with Crippen LogP contribution in [0.4, 0.5) is 8.78 Å². The second-order valence-electron chi connectivity index (χ2n) is 7.97. The second kappa shape index (κ2) is 7.76. The van der Waals surface area contributed by atoms with Gasteiger partial charge in [0.25, 0.3) is 0 Å². The molecule has 0 aromatic heterocycles. The number of ketones is 1. The van der Waals surface area contributed by atoms with E-state index in [-0.39, 0.29) is 0 Å². The van der Waals surface area contributed by atoms with E-state index in [0.717, 1.165) is 36.7 Å². The maximum absolute atomic E-state index is 13.4. The highest BCUT2D eigenvalue weighted by atomic mass is 19.2. The third kappa shape index (κ3) is 4.23. The number of hydrogen-bond donors (Lipinski definition) is 0. The highest BCUT2D eigenvalue weighted by Crippen LogP contribution is 2.44. The number of Topliss-reactive ketones (excluding diaryl/α,β-unsaturated/α-hetero) is 1. The summed E-state index contributed by atoms with van der Waals surface area (Å²) >= 11 is 0. The Labute approximate surface area is 143 Å². The first-order valence-corrected chi connectivity index (χ1v) is 9.47. The Kier molecular flexibility index (Phi) is 5.68. The molecule has 0 amide bonds. The molecule has 2 fully saturated rings. The molecule has 3 heteroatoms. The molecule has 0 heterocycles. The zero-order chi connectivity index (χ0) is 17.1. The van der Waals surface area contributed by atoms with E-state index >= 15 is 0 Å². The van der Waals surface area contributed by atoms with Crippen LogP contribution in [0.2, 0.25) is 0 Å². The fraction of sp³-hybridized carbons (Fsp3) is 0.667. The molecule has 2 saturated carbocycles. The van der Waals surface area contributed by atoms with Crippen LogP contribution in [0.25, 0.3) is 0 Å². The topological polar surface area (TPSA) is 17.1 Å². The molecule has 3 rings (SSSR count). The first-order chi connectivity index (χ1) is 11.5. The molecule has 0 bridgehead atoms. The molecule has 0 unspecified atom stereocenters. The number of hydrogen-bond acceptors (Lipinski definition) is 1. The van der Waals surface area contributed by atoms with Gasteiger partial charge < -0.3 is 4.79 Å². The largest absolute Gasteiger partial charge is 0.300 e. The van der Waals surface area contributed by atoms with Crippen molar-refractivity contribution in [3.63, 3.8) is 0 Å². The van der Waals surface area contributed by atoms with Gasteiger partial charge >= 0.3 is 0 Å². The van der Waals surface area contributed by atoms with Crippen molar-refractivity contribution in [2.24, 2.45) is 17.8 Å². The molecule has 0 radical (unpaired) electrons. The fourth-order valence-corrected chi connectivity index (χ4v) is 4.96. The molecule has 0 aliphatic heterocycles. The van der Waals surface area contributed by atoms with Gasteiger partial charge in [0.05, 0.1) is 0 Å². The number of carbonyl (C=O) groups excluding carboxylic acids is 1. The van der Waals surface area contributed by atoms with E-state index < -0.39 is 11.6 Å². The van der Waals surface area contributed by atoms with Crippen molar-refractivity contribution in [3.05, 3.63) is 35.4 Å². The Balaban J connectivity index is 1.49. The number of rotatable bonds is 4. The smallest absolute Gasteiger partial charge is 0.159 e. The SMILES string of the molecule is CC(=O)CC1CCC(C2CCC(c3ccc(F)c(F)c3)CC2)CC1. The minimum Gasteiger partial charge on any atom is -0.300 e. The zero-order valence-electron chi connectivity index (χ0n) is 14.6. The molecule has 2 aliphatic carbocycles. The fourth-order valence-electron chi connectivity index (χ4n) is 4.96. The van der Waals surface area contributed by atoms with E-state index in [1.54, 1.807) is 13.0 Å². The van der Waals surface area contributed by atoms with Crippen LogP contribution in [0.1, 0.15) is 76.2 Å². The third-order valence-electron chi connectivity index (χ3n) is 6.32. The average molecular weight is 334 g/mol. The maximum Gasteiger partial charge on any atom is 0.159 e. The highest BCUT2D eigenvalue weighted by Gasteiger charge is 2.31. The summed E-state index contributed by atoms with van der Waals surface area (Å²) in [7, 11) is 0. The normalized spacial score (nSPS) is 31.0. The Morgan fingerprint density at radius 1 is 0.917 bits per heavy atom. The van der Waals surface area contributed by atoms with Gasteiger partial charge in [-0.1, -0.05) is 6.07 Å². The molecule has 0 atom stereocenters. The second-order valence-corrected chi connectivity index (χ2v) is 7.97. The van der Waals surface area contributed by atoms with Gasteiger partial charge in [-0.2, -0.15) is 0 Å². The number of benzene rings is 1. The van der Waals surface area contributed by atoms with Gasteiger partial charge in [0.15, 0.2) is 11.6 Å². The zero-order valence-corrected chi connectivity index (χ0v) is 14.6. The van der Waals surface area contributed by atoms with Crippen molar-refractivity contribution in [2.75, 3.05) is 0 Å². The van der Waals surface area contributed by atoms with Crippen LogP contribution >= 0.6 is 0 Å². The Bertz CT molecular complexity index is 567. The van der Waals surface area contributed by atoms with Crippen molar-refractivity contribution in [2.45, 2.75) is 70.6 Å². The van der Waals surface area contributed by atoms with Crippen molar-refractivity contribution >= 4 is 5.78 Å². The third-order valence-corrected chi connectivity index (χ3v) is 6.32. The molecule has 132 valence electrons.